The molecule has 0 N–H and O–H groups in total. The second-order valence-electron chi connectivity index (χ2n) is 7.99. The van der Waals surface area contributed by atoms with Crippen LogP contribution in [0, 0.1) is 0 Å². The Morgan fingerprint density at radius 2 is 1.91 bits per heavy atom. The maximum atomic E-state index is 6.03. The molecule has 7 heteroatoms. The van der Waals surface area contributed by atoms with Gasteiger partial charge in [-0.15, -0.1) is 11.3 Å². The van der Waals surface area contributed by atoms with Crippen LogP contribution in [0.4, 0.5) is 0 Å². The Morgan fingerprint density at radius 1 is 1.06 bits per heavy atom. The summed E-state index contributed by atoms with van der Waals surface area (Å²) in [5.41, 5.74) is 2.39. The number of thiophene rings is 1. The van der Waals surface area contributed by atoms with Crippen LogP contribution in [-0.4, -0.2) is 55.9 Å². The molecule has 0 amide bonds. The fraction of sp³-hybridized carbons (Fsp3) is 0.320. The summed E-state index contributed by atoms with van der Waals surface area (Å²) in [6, 6.07) is 18.5. The molecule has 2 aliphatic rings. The summed E-state index contributed by atoms with van der Waals surface area (Å²) in [6.45, 7) is 6.71. The van der Waals surface area contributed by atoms with Gasteiger partial charge in [-0.2, -0.15) is 0 Å². The lowest BCUT2D eigenvalue weighted by Gasteiger charge is -2.26. The normalized spacial score (nSPS) is 16.2. The molecule has 0 radical (unpaired) electrons. The van der Waals surface area contributed by atoms with Gasteiger partial charge in [-0.1, -0.05) is 35.9 Å². The predicted molar refractivity (Wildman–Crippen MR) is 130 cm³/mol. The number of morpholine rings is 1. The molecule has 5 rings (SSSR count). The minimum atomic E-state index is 0.659. The van der Waals surface area contributed by atoms with Crippen molar-refractivity contribution in [1.82, 2.24) is 9.80 Å². The smallest absolute Gasteiger partial charge is 0.119 e. The highest BCUT2D eigenvalue weighted by molar-refractivity contribution is 7.13. The number of halogens is 1. The molecule has 1 fully saturated rings. The zero-order chi connectivity index (χ0) is 21.8. The van der Waals surface area contributed by atoms with Gasteiger partial charge < -0.3 is 14.4 Å². The lowest BCUT2D eigenvalue weighted by molar-refractivity contribution is 0.0322. The Hall–Kier alpha value is -2.38. The van der Waals surface area contributed by atoms with E-state index in [-0.39, 0.29) is 0 Å². The molecule has 1 aromatic heterocycles. The van der Waals surface area contributed by atoms with Crippen molar-refractivity contribution < 1.29 is 9.47 Å². The van der Waals surface area contributed by atoms with E-state index in [2.05, 4.69) is 52.4 Å². The fourth-order valence-corrected chi connectivity index (χ4v) is 5.14. The zero-order valence-corrected chi connectivity index (χ0v) is 19.4. The third-order valence-electron chi connectivity index (χ3n) is 5.66. The molecule has 32 heavy (non-hydrogen) atoms. The van der Waals surface area contributed by atoms with Crippen molar-refractivity contribution in [2.24, 2.45) is 4.99 Å². The number of ether oxygens (including phenoxy) is 2. The minimum Gasteiger partial charge on any atom is -0.492 e. The molecule has 0 bridgehead atoms. The highest BCUT2D eigenvalue weighted by Crippen LogP contribution is 2.23. The van der Waals surface area contributed by atoms with Crippen LogP contribution in [0.3, 0.4) is 0 Å². The highest BCUT2D eigenvalue weighted by atomic mass is 35.5. The number of nitrogens with zero attached hydrogens (tertiary/aromatic N) is 3. The molecule has 0 aliphatic carbocycles. The van der Waals surface area contributed by atoms with E-state index in [1.165, 1.54) is 20.5 Å². The van der Waals surface area contributed by atoms with E-state index < -0.39 is 0 Å². The number of hydrogen-bond donors (Lipinski definition) is 0. The number of fused-ring (bicyclic) bond motifs is 1. The van der Waals surface area contributed by atoms with Crippen LogP contribution >= 0.6 is 22.9 Å². The molecular formula is C25H26ClN3O2S. The van der Waals surface area contributed by atoms with Gasteiger partial charge in [0.05, 0.1) is 23.1 Å². The Bertz CT molecular complexity index is 1170. The minimum absolute atomic E-state index is 0.659. The average Bonchev–Trinajstić information content (AvgIpc) is 3.24. The third kappa shape index (κ3) is 5.33. The van der Waals surface area contributed by atoms with Gasteiger partial charge in [0.1, 0.15) is 19.0 Å². The van der Waals surface area contributed by atoms with Crippen LogP contribution in [-0.2, 0) is 11.3 Å². The summed E-state index contributed by atoms with van der Waals surface area (Å²) in [4.78, 5) is 10.6. The van der Waals surface area contributed by atoms with Gasteiger partial charge >= 0.3 is 0 Å². The van der Waals surface area contributed by atoms with Gasteiger partial charge in [0.2, 0.25) is 0 Å². The molecule has 0 atom stereocenters. The Morgan fingerprint density at radius 3 is 2.75 bits per heavy atom. The first-order valence-electron chi connectivity index (χ1n) is 10.9. The first-order chi connectivity index (χ1) is 15.7. The van der Waals surface area contributed by atoms with Crippen LogP contribution in [0.5, 0.6) is 5.75 Å². The van der Waals surface area contributed by atoms with Gasteiger partial charge in [-0.05, 0) is 41.5 Å². The van der Waals surface area contributed by atoms with E-state index >= 15 is 0 Å². The van der Waals surface area contributed by atoms with Crippen molar-refractivity contribution in [3.05, 3.63) is 75.1 Å². The monoisotopic (exact) mass is 467 g/mol. The van der Waals surface area contributed by atoms with E-state index in [9.17, 15) is 0 Å². The Labute approximate surface area is 197 Å². The first-order valence-corrected chi connectivity index (χ1v) is 12.1. The average molecular weight is 468 g/mol. The summed E-state index contributed by atoms with van der Waals surface area (Å²) in [7, 11) is 0. The zero-order valence-electron chi connectivity index (χ0n) is 17.9. The predicted octanol–water partition coefficient (Wildman–Crippen LogP) is 3.61. The van der Waals surface area contributed by atoms with Gasteiger partial charge in [0.15, 0.2) is 0 Å². The Kier molecular flexibility index (Phi) is 6.74. The van der Waals surface area contributed by atoms with Gasteiger partial charge in [-0.25, -0.2) is 0 Å². The van der Waals surface area contributed by atoms with E-state index in [1.54, 1.807) is 11.3 Å². The molecule has 3 heterocycles. The van der Waals surface area contributed by atoms with Gasteiger partial charge in [0, 0.05) is 42.3 Å². The van der Waals surface area contributed by atoms with Crippen LogP contribution in [0.15, 0.2) is 59.6 Å². The fourth-order valence-electron chi connectivity index (χ4n) is 3.92. The topological polar surface area (TPSA) is 37.3 Å². The van der Waals surface area contributed by atoms with Crippen LogP contribution in [0.1, 0.15) is 5.56 Å². The standard InChI is InChI=1S/C25H26ClN3O2S/c26-21-6-4-20(5-7-21)24-15-23-25(32-24)17-29(18-27-23)16-19-2-1-3-22(14-19)31-13-10-28-8-11-30-12-9-28/h1-7,14-15,17H,8-13,16,18H2. The summed E-state index contributed by atoms with van der Waals surface area (Å²) < 4.78 is 12.6. The van der Waals surface area contributed by atoms with Crippen molar-refractivity contribution in [3.8, 4) is 16.2 Å². The molecule has 2 aliphatic heterocycles. The van der Waals surface area contributed by atoms with Crippen molar-refractivity contribution in [2.75, 3.05) is 46.1 Å². The molecule has 0 spiro atoms. The second-order valence-corrected chi connectivity index (χ2v) is 9.51. The van der Waals surface area contributed by atoms with E-state index in [0.717, 1.165) is 55.5 Å². The number of hydrogen-bond acceptors (Lipinski definition) is 6. The largest absolute Gasteiger partial charge is 0.492 e. The molecule has 0 unspecified atom stereocenters. The van der Waals surface area contributed by atoms with Crippen molar-refractivity contribution in [2.45, 2.75) is 6.54 Å². The van der Waals surface area contributed by atoms with Crippen molar-refractivity contribution in [3.63, 3.8) is 0 Å². The number of rotatable bonds is 7. The molecule has 166 valence electrons. The molecule has 5 nitrogen and oxygen atoms in total. The molecule has 3 aromatic rings. The summed E-state index contributed by atoms with van der Waals surface area (Å²) in [6.07, 6.45) is 2.22. The van der Waals surface area contributed by atoms with E-state index in [4.69, 9.17) is 26.1 Å². The third-order valence-corrected chi connectivity index (χ3v) is 7.02. The second kappa shape index (κ2) is 10.0. The van der Waals surface area contributed by atoms with Crippen molar-refractivity contribution in [1.29, 1.82) is 0 Å². The summed E-state index contributed by atoms with van der Waals surface area (Å²) >= 11 is 7.79. The maximum Gasteiger partial charge on any atom is 0.119 e. The lowest BCUT2D eigenvalue weighted by Crippen LogP contribution is -2.38. The molecule has 2 aromatic carbocycles. The van der Waals surface area contributed by atoms with Crippen LogP contribution in [0.25, 0.3) is 16.6 Å². The van der Waals surface area contributed by atoms with Gasteiger partial charge in [0.25, 0.3) is 0 Å². The summed E-state index contributed by atoms with van der Waals surface area (Å²) in [5.74, 6) is 0.923. The molecular weight excluding hydrogens is 442 g/mol. The quantitative estimate of drug-likeness (QED) is 0.532. The van der Waals surface area contributed by atoms with Crippen molar-refractivity contribution >= 4 is 29.1 Å². The van der Waals surface area contributed by atoms with E-state index in [0.29, 0.717) is 13.3 Å². The van der Waals surface area contributed by atoms with Crippen LogP contribution < -0.4 is 14.6 Å². The highest BCUT2D eigenvalue weighted by Gasteiger charge is 2.11. The van der Waals surface area contributed by atoms with Gasteiger partial charge in [-0.3, -0.25) is 9.89 Å². The van der Waals surface area contributed by atoms with E-state index in [1.807, 2.05) is 18.2 Å². The number of benzene rings is 2. The lowest BCUT2D eigenvalue weighted by atomic mass is 10.2. The maximum absolute atomic E-state index is 6.03. The van der Waals surface area contributed by atoms with Crippen LogP contribution in [0.2, 0.25) is 5.02 Å². The summed E-state index contributed by atoms with van der Waals surface area (Å²) in [5, 5.41) is 1.82. The SMILES string of the molecule is Clc1ccc(-c2cc3c(s2)=CN(Cc2cccc(OCCN4CCOCC4)c2)CN=3)cc1. The Balaban J connectivity index is 1.22. The molecule has 0 saturated carbocycles. The first kappa shape index (κ1) is 21.5. The molecule has 1 saturated heterocycles.